The number of halogens is 1. The number of hydrogen-bond acceptors (Lipinski definition) is 4. The first-order chi connectivity index (χ1) is 8.43. The van der Waals surface area contributed by atoms with E-state index in [0.717, 1.165) is 5.56 Å². The highest BCUT2D eigenvalue weighted by Crippen LogP contribution is 2.25. The molecule has 0 heterocycles. The predicted molar refractivity (Wildman–Crippen MR) is 67.9 cm³/mol. The van der Waals surface area contributed by atoms with E-state index in [-0.39, 0.29) is 6.42 Å². The normalized spacial score (nSPS) is 14.0. The molecule has 0 amide bonds. The van der Waals surface area contributed by atoms with Crippen LogP contribution < -0.4 is 10.1 Å². The molecule has 100 valence electrons. The Morgan fingerprint density at radius 2 is 2.22 bits per heavy atom. The molecule has 0 aliphatic rings. The summed E-state index contributed by atoms with van der Waals surface area (Å²) in [4.78, 5) is 11.0. The topological polar surface area (TPSA) is 78.8 Å². The van der Waals surface area contributed by atoms with E-state index in [1.54, 1.807) is 18.2 Å². The standard InChI is InChI=1S/C12H16ClNO4/c1-7(15)14-10(12(16)17)6-8-3-4-11(18-2)9(13)5-8/h3-5,7,10,14-15H,6H2,1-2H3,(H,16,17)/t7?,10-/m1/s1. The number of rotatable bonds is 6. The molecule has 18 heavy (non-hydrogen) atoms. The summed E-state index contributed by atoms with van der Waals surface area (Å²) >= 11 is 5.96. The molecule has 0 saturated heterocycles. The Bertz CT molecular complexity index is 423. The summed E-state index contributed by atoms with van der Waals surface area (Å²) in [5.74, 6) is -0.487. The van der Waals surface area contributed by atoms with Crippen molar-refractivity contribution in [1.29, 1.82) is 0 Å². The van der Waals surface area contributed by atoms with Crippen LogP contribution in [-0.4, -0.2) is 35.6 Å². The monoisotopic (exact) mass is 273 g/mol. The molecule has 0 radical (unpaired) electrons. The molecule has 2 atom stereocenters. The molecule has 0 aliphatic heterocycles. The fourth-order valence-electron chi connectivity index (χ4n) is 1.58. The highest BCUT2D eigenvalue weighted by atomic mass is 35.5. The number of nitrogens with one attached hydrogen (secondary N) is 1. The van der Waals surface area contributed by atoms with Gasteiger partial charge in [0.2, 0.25) is 0 Å². The van der Waals surface area contributed by atoms with Crippen LogP contribution in [0.4, 0.5) is 0 Å². The second kappa shape index (κ2) is 6.58. The van der Waals surface area contributed by atoms with Crippen LogP contribution in [0.1, 0.15) is 12.5 Å². The summed E-state index contributed by atoms with van der Waals surface area (Å²) in [6.07, 6.45) is -0.663. The third kappa shape index (κ3) is 4.18. The number of methoxy groups -OCH3 is 1. The largest absolute Gasteiger partial charge is 0.495 e. The number of benzene rings is 1. The van der Waals surface area contributed by atoms with Crippen molar-refractivity contribution >= 4 is 17.6 Å². The number of aliphatic carboxylic acids is 1. The van der Waals surface area contributed by atoms with Crippen LogP contribution in [0.15, 0.2) is 18.2 Å². The molecular formula is C12H16ClNO4. The Morgan fingerprint density at radius 1 is 1.56 bits per heavy atom. The van der Waals surface area contributed by atoms with Crippen LogP contribution in [0.5, 0.6) is 5.75 Å². The molecule has 6 heteroatoms. The number of aliphatic hydroxyl groups is 1. The molecule has 1 rings (SSSR count). The highest BCUT2D eigenvalue weighted by molar-refractivity contribution is 6.32. The zero-order valence-electron chi connectivity index (χ0n) is 10.2. The minimum absolute atomic E-state index is 0.226. The smallest absolute Gasteiger partial charge is 0.321 e. The fraction of sp³-hybridized carbons (Fsp3) is 0.417. The maximum absolute atomic E-state index is 11.0. The average Bonchev–Trinajstić information content (AvgIpc) is 2.27. The molecule has 0 fully saturated rings. The predicted octanol–water partition coefficient (Wildman–Crippen LogP) is 1.27. The molecule has 1 aromatic rings. The fourth-order valence-corrected chi connectivity index (χ4v) is 1.86. The van der Waals surface area contributed by atoms with E-state index >= 15 is 0 Å². The van der Waals surface area contributed by atoms with Gasteiger partial charge in [0, 0.05) is 0 Å². The van der Waals surface area contributed by atoms with E-state index in [4.69, 9.17) is 26.6 Å². The zero-order chi connectivity index (χ0) is 13.7. The molecular weight excluding hydrogens is 258 g/mol. The van der Waals surface area contributed by atoms with Gasteiger partial charge in [0.25, 0.3) is 0 Å². The summed E-state index contributed by atoms with van der Waals surface area (Å²) in [5, 5.41) is 21.2. The van der Waals surface area contributed by atoms with Gasteiger partial charge in [-0.3, -0.25) is 10.1 Å². The van der Waals surface area contributed by atoms with Crippen LogP contribution in [0.3, 0.4) is 0 Å². The van der Waals surface area contributed by atoms with Gasteiger partial charge in [0.15, 0.2) is 0 Å². The Hall–Kier alpha value is -1.30. The molecule has 0 spiro atoms. The average molecular weight is 274 g/mol. The van der Waals surface area contributed by atoms with Gasteiger partial charge in [-0.05, 0) is 31.0 Å². The van der Waals surface area contributed by atoms with E-state index in [0.29, 0.717) is 10.8 Å². The van der Waals surface area contributed by atoms with Crippen LogP contribution >= 0.6 is 11.6 Å². The molecule has 3 N–H and O–H groups in total. The Kier molecular flexibility index (Phi) is 5.40. The van der Waals surface area contributed by atoms with Gasteiger partial charge in [-0.2, -0.15) is 0 Å². The van der Waals surface area contributed by atoms with Gasteiger partial charge in [0.05, 0.1) is 12.1 Å². The van der Waals surface area contributed by atoms with Crippen LogP contribution in [-0.2, 0) is 11.2 Å². The lowest BCUT2D eigenvalue weighted by Crippen LogP contribution is -2.43. The summed E-state index contributed by atoms with van der Waals surface area (Å²) in [6, 6.07) is 4.21. The lowest BCUT2D eigenvalue weighted by Gasteiger charge is -2.17. The van der Waals surface area contributed by atoms with Gasteiger partial charge in [-0.1, -0.05) is 17.7 Å². The van der Waals surface area contributed by atoms with Crippen molar-refractivity contribution in [2.24, 2.45) is 0 Å². The first kappa shape index (κ1) is 14.8. The van der Waals surface area contributed by atoms with E-state index in [2.05, 4.69) is 5.32 Å². The van der Waals surface area contributed by atoms with Crippen molar-refractivity contribution < 1.29 is 19.7 Å². The van der Waals surface area contributed by atoms with E-state index in [1.165, 1.54) is 14.0 Å². The number of aliphatic hydroxyl groups excluding tert-OH is 1. The maximum atomic E-state index is 11.0. The number of carbonyl (C=O) groups is 1. The van der Waals surface area contributed by atoms with Crippen LogP contribution in [0.25, 0.3) is 0 Å². The van der Waals surface area contributed by atoms with Gasteiger partial charge in [-0.15, -0.1) is 0 Å². The SMILES string of the molecule is COc1ccc(C[C@@H](NC(C)O)C(=O)O)cc1Cl. The van der Waals surface area contributed by atoms with Crippen molar-refractivity contribution in [3.63, 3.8) is 0 Å². The number of ether oxygens (including phenoxy) is 1. The van der Waals surface area contributed by atoms with Gasteiger partial charge < -0.3 is 14.9 Å². The molecule has 0 aliphatic carbocycles. The van der Waals surface area contributed by atoms with E-state index in [9.17, 15) is 4.79 Å². The quantitative estimate of drug-likeness (QED) is 0.681. The van der Waals surface area contributed by atoms with Crippen molar-refractivity contribution in [2.75, 3.05) is 7.11 Å². The van der Waals surface area contributed by atoms with Crippen molar-refractivity contribution in [1.82, 2.24) is 5.32 Å². The molecule has 1 unspecified atom stereocenters. The van der Waals surface area contributed by atoms with E-state index < -0.39 is 18.2 Å². The lowest BCUT2D eigenvalue weighted by molar-refractivity contribution is -0.140. The molecule has 0 bridgehead atoms. The van der Waals surface area contributed by atoms with Gasteiger partial charge >= 0.3 is 5.97 Å². The summed E-state index contributed by atoms with van der Waals surface area (Å²) < 4.78 is 5.01. The van der Waals surface area contributed by atoms with Crippen molar-refractivity contribution in [2.45, 2.75) is 25.6 Å². The van der Waals surface area contributed by atoms with Crippen molar-refractivity contribution in [3.8, 4) is 5.75 Å². The maximum Gasteiger partial charge on any atom is 0.321 e. The summed E-state index contributed by atoms with van der Waals surface area (Å²) in [7, 11) is 1.51. The van der Waals surface area contributed by atoms with E-state index in [1.807, 2.05) is 0 Å². The van der Waals surface area contributed by atoms with Gasteiger partial charge in [0.1, 0.15) is 18.0 Å². The van der Waals surface area contributed by atoms with Crippen LogP contribution in [0, 0.1) is 0 Å². The first-order valence-electron chi connectivity index (χ1n) is 5.43. The van der Waals surface area contributed by atoms with Gasteiger partial charge in [-0.25, -0.2) is 0 Å². The molecule has 0 saturated carbocycles. The molecule has 0 aromatic heterocycles. The third-order valence-electron chi connectivity index (χ3n) is 2.40. The minimum Gasteiger partial charge on any atom is -0.495 e. The number of hydrogen-bond donors (Lipinski definition) is 3. The lowest BCUT2D eigenvalue weighted by atomic mass is 10.1. The molecule has 1 aromatic carbocycles. The highest BCUT2D eigenvalue weighted by Gasteiger charge is 2.19. The Labute approximate surface area is 110 Å². The van der Waals surface area contributed by atoms with Crippen LogP contribution in [0.2, 0.25) is 5.02 Å². The summed E-state index contributed by atoms with van der Waals surface area (Å²) in [6.45, 7) is 1.47. The zero-order valence-corrected chi connectivity index (χ0v) is 10.9. The van der Waals surface area contributed by atoms with Crippen molar-refractivity contribution in [3.05, 3.63) is 28.8 Å². The first-order valence-corrected chi connectivity index (χ1v) is 5.81. The number of carboxylic acids is 1. The summed E-state index contributed by atoms with van der Waals surface area (Å²) in [5.41, 5.74) is 0.751. The number of carboxylic acid groups (broad SMARTS) is 1. The molecule has 5 nitrogen and oxygen atoms in total. The minimum atomic E-state index is -1.03. The Balaban J connectivity index is 2.81. The Morgan fingerprint density at radius 3 is 2.67 bits per heavy atom. The second-order valence-corrected chi connectivity index (χ2v) is 4.31. The third-order valence-corrected chi connectivity index (χ3v) is 2.69. The second-order valence-electron chi connectivity index (χ2n) is 3.91.